The number of hydrogen-bond acceptors (Lipinski definition) is 14. The second-order valence-corrected chi connectivity index (χ2v) is 14.7. The third-order valence-corrected chi connectivity index (χ3v) is 10.3. The number of rotatable bonds is 13. The van der Waals surface area contributed by atoms with Crippen molar-refractivity contribution in [1.29, 1.82) is 0 Å². The van der Waals surface area contributed by atoms with E-state index in [1.54, 1.807) is 0 Å². The number of carbonyl (C=O) groups excluding carboxylic acids is 2. The van der Waals surface area contributed by atoms with Gasteiger partial charge in [-0.2, -0.15) is 9.97 Å². The first-order chi connectivity index (χ1) is 22.1. The molecule has 4 aromatic heterocycles. The highest BCUT2D eigenvalue weighted by Gasteiger charge is 2.32. The standard InChI is InChI=1S/C30H40N10O4S2/c1-17-7-21(9-25-34-20(4)43-37-25)13-39(17)16-24-12-32-30(46-24)36-27(42)5-6-28-35-26(38-44-28)10-22-8-18(2)40(14-22)15-23-11-31-29(45-23)33-19(3)41/h11-12,17-18,21-22H,5-10,13-16H2,1-4H3,(H,31,33,41)(H,32,36,42)/t17-,18-,21+,22-/m0/s1. The van der Waals surface area contributed by atoms with Gasteiger partial charge in [-0.05, 0) is 38.5 Å². The molecule has 0 bridgehead atoms. The minimum absolute atomic E-state index is 0.115. The van der Waals surface area contributed by atoms with E-state index in [1.165, 1.54) is 29.6 Å². The first-order valence-electron chi connectivity index (χ1n) is 15.7. The van der Waals surface area contributed by atoms with Crippen LogP contribution in [0.15, 0.2) is 21.4 Å². The van der Waals surface area contributed by atoms with Gasteiger partial charge in [-0.1, -0.05) is 10.3 Å². The fraction of sp³-hybridized carbons (Fsp3) is 0.600. The van der Waals surface area contributed by atoms with E-state index in [-0.39, 0.29) is 18.2 Å². The lowest BCUT2D eigenvalue weighted by Gasteiger charge is -2.19. The molecule has 2 saturated heterocycles. The van der Waals surface area contributed by atoms with Gasteiger partial charge < -0.3 is 19.7 Å². The molecule has 246 valence electrons. The van der Waals surface area contributed by atoms with Crippen molar-refractivity contribution in [2.75, 3.05) is 23.7 Å². The van der Waals surface area contributed by atoms with E-state index >= 15 is 0 Å². The molecule has 2 fully saturated rings. The van der Waals surface area contributed by atoms with Gasteiger partial charge in [0.2, 0.25) is 23.6 Å². The maximum absolute atomic E-state index is 12.7. The summed E-state index contributed by atoms with van der Waals surface area (Å²) in [4.78, 5) is 48.7. The molecule has 2 amide bonds. The molecule has 46 heavy (non-hydrogen) atoms. The van der Waals surface area contributed by atoms with Gasteiger partial charge in [0.1, 0.15) is 0 Å². The lowest BCUT2D eigenvalue weighted by Crippen LogP contribution is -2.26. The molecule has 0 aromatic carbocycles. The van der Waals surface area contributed by atoms with Crippen LogP contribution in [-0.2, 0) is 41.9 Å². The van der Waals surface area contributed by atoms with Crippen LogP contribution >= 0.6 is 22.7 Å². The molecule has 2 aliphatic rings. The summed E-state index contributed by atoms with van der Waals surface area (Å²) in [6.07, 6.45) is 7.96. The summed E-state index contributed by atoms with van der Waals surface area (Å²) in [5.41, 5.74) is 0. The summed E-state index contributed by atoms with van der Waals surface area (Å²) in [5, 5.41) is 15.1. The molecule has 2 N–H and O–H groups in total. The van der Waals surface area contributed by atoms with Crippen LogP contribution in [0.4, 0.5) is 10.3 Å². The number of hydrogen-bond donors (Lipinski definition) is 2. The Morgan fingerprint density at radius 1 is 0.870 bits per heavy atom. The van der Waals surface area contributed by atoms with E-state index in [9.17, 15) is 9.59 Å². The molecular weight excluding hydrogens is 629 g/mol. The van der Waals surface area contributed by atoms with Gasteiger partial charge in [0.05, 0.1) is 0 Å². The van der Waals surface area contributed by atoms with Gasteiger partial charge in [-0.25, -0.2) is 9.97 Å². The number of aryl methyl sites for hydroxylation is 2. The van der Waals surface area contributed by atoms with Gasteiger partial charge in [-0.15, -0.1) is 22.7 Å². The molecule has 6 rings (SSSR count). The van der Waals surface area contributed by atoms with Crippen molar-refractivity contribution in [3.8, 4) is 0 Å². The van der Waals surface area contributed by atoms with Crippen molar-refractivity contribution < 1.29 is 18.6 Å². The molecule has 2 aliphatic heterocycles. The molecule has 0 unspecified atom stereocenters. The highest BCUT2D eigenvalue weighted by atomic mass is 32.1. The third-order valence-electron chi connectivity index (χ3n) is 8.52. The number of nitrogens with one attached hydrogen (secondary N) is 2. The minimum Gasteiger partial charge on any atom is -0.340 e. The molecule has 0 saturated carbocycles. The molecule has 4 aromatic rings. The van der Waals surface area contributed by atoms with Crippen LogP contribution in [0.25, 0.3) is 0 Å². The lowest BCUT2D eigenvalue weighted by atomic mass is 10.0. The van der Waals surface area contributed by atoms with E-state index in [4.69, 9.17) is 9.05 Å². The molecule has 0 spiro atoms. The van der Waals surface area contributed by atoms with Gasteiger partial charge in [0.25, 0.3) is 0 Å². The monoisotopic (exact) mass is 668 g/mol. The maximum atomic E-state index is 12.7. The average molecular weight is 669 g/mol. The van der Waals surface area contributed by atoms with Crippen LogP contribution in [0.5, 0.6) is 0 Å². The van der Waals surface area contributed by atoms with E-state index in [2.05, 4.69) is 64.5 Å². The van der Waals surface area contributed by atoms with E-state index in [1.807, 2.05) is 19.3 Å². The second-order valence-electron chi connectivity index (χ2n) is 12.5. The minimum atomic E-state index is -0.129. The van der Waals surface area contributed by atoms with Gasteiger partial charge in [0, 0.05) is 99.9 Å². The number of aromatic nitrogens is 6. The summed E-state index contributed by atoms with van der Waals surface area (Å²) in [6.45, 7) is 11.2. The Labute approximate surface area is 275 Å². The molecule has 14 nitrogen and oxygen atoms in total. The van der Waals surface area contributed by atoms with Crippen LogP contribution in [0, 0.1) is 18.8 Å². The van der Waals surface area contributed by atoms with Crippen LogP contribution in [0.1, 0.15) is 73.2 Å². The zero-order chi connectivity index (χ0) is 32.2. The molecule has 0 radical (unpaired) electrons. The highest BCUT2D eigenvalue weighted by molar-refractivity contribution is 7.16. The molecule has 16 heteroatoms. The summed E-state index contributed by atoms with van der Waals surface area (Å²) >= 11 is 3.01. The number of thiazole rings is 2. The fourth-order valence-electron chi connectivity index (χ4n) is 6.42. The van der Waals surface area contributed by atoms with E-state index in [0.29, 0.717) is 58.2 Å². The Hall–Kier alpha value is -3.60. The van der Waals surface area contributed by atoms with Crippen molar-refractivity contribution in [2.45, 2.75) is 91.4 Å². The quantitative estimate of drug-likeness (QED) is 0.210. The number of amides is 2. The lowest BCUT2D eigenvalue weighted by molar-refractivity contribution is -0.116. The summed E-state index contributed by atoms with van der Waals surface area (Å²) in [7, 11) is 0. The maximum Gasteiger partial charge on any atom is 0.227 e. The van der Waals surface area contributed by atoms with Crippen LogP contribution < -0.4 is 10.6 Å². The van der Waals surface area contributed by atoms with Crippen LogP contribution in [0.2, 0.25) is 0 Å². The van der Waals surface area contributed by atoms with Gasteiger partial charge >= 0.3 is 0 Å². The van der Waals surface area contributed by atoms with E-state index < -0.39 is 0 Å². The molecule has 4 atom stereocenters. The normalized spacial score (nSPS) is 22.1. The second kappa shape index (κ2) is 14.4. The van der Waals surface area contributed by atoms with Crippen LogP contribution in [-0.4, -0.2) is 77.0 Å². The number of likely N-dealkylation sites (tertiary alicyclic amines) is 2. The zero-order valence-corrected chi connectivity index (χ0v) is 28.2. The van der Waals surface area contributed by atoms with Gasteiger partial charge in [0.15, 0.2) is 21.9 Å². The largest absolute Gasteiger partial charge is 0.340 e. The van der Waals surface area contributed by atoms with Crippen molar-refractivity contribution in [3.63, 3.8) is 0 Å². The Morgan fingerprint density at radius 2 is 1.43 bits per heavy atom. The third kappa shape index (κ3) is 8.60. The van der Waals surface area contributed by atoms with Crippen LogP contribution in [0.3, 0.4) is 0 Å². The smallest absolute Gasteiger partial charge is 0.227 e. The molecule has 6 heterocycles. The van der Waals surface area contributed by atoms with Gasteiger partial charge in [-0.3, -0.25) is 19.4 Å². The predicted octanol–water partition coefficient (Wildman–Crippen LogP) is 4.11. The van der Waals surface area contributed by atoms with Crippen molar-refractivity contribution >= 4 is 44.8 Å². The average Bonchev–Trinajstić information content (AvgIpc) is 3.84. The molecular formula is C30H40N10O4S2. The number of anilines is 2. The Balaban J connectivity index is 0.910. The van der Waals surface area contributed by atoms with Crippen molar-refractivity contribution in [2.24, 2.45) is 11.8 Å². The van der Waals surface area contributed by atoms with E-state index in [0.717, 1.165) is 67.4 Å². The Bertz CT molecular complexity index is 1630. The molecule has 0 aliphatic carbocycles. The summed E-state index contributed by atoms with van der Waals surface area (Å²) in [5.74, 6) is 3.18. The predicted molar refractivity (Wildman–Crippen MR) is 172 cm³/mol. The SMILES string of the molecule is CC(=O)Nc1ncc(CN2C[C@H](Cc3noc(CCC(=O)Nc4ncc(CN5C[C@@H](Cc6noc(C)n6)C[C@@H]5C)s4)n3)C[C@@H]2C)s1. The Morgan fingerprint density at radius 3 is 2.00 bits per heavy atom. The summed E-state index contributed by atoms with van der Waals surface area (Å²) in [6, 6.07) is 0.864. The number of nitrogens with zero attached hydrogens (tertiary/aromatic N) is 8. The first kappa shape index (κ1) is 32.3. The zero-order valence-electron chi connectivity index (χ0n) is 26.6. The fourth-order valence-corrected chi connectivity index (χ4v) is 8.16. The first-order valence-corrected chi connectivity index (χ1v) is 17.3. The topological polar surface area (TPSA) is 168 Å². The number of carbonyl (C=O) groups is 2. The highest BCUT2D eigenvalue weighted by Crippen LogP contribution is 2.31. The Kier molecular flexibility index (Phi) is 10.2. The van der Waals surface area contributed by atoms with Crippen molar-refractivity contribution in [1.82, 2.24) is 40.0 Å². The van der Waals surface area contributed by atoms with Crippen molar-refractivity contribution in [3.05, 3.63) is 45.6 Å². The summed E-state index contributed by atoms with van der Waals surface area (Å²) < 4.78 is 10.6.